The quantitative estimate of drug-likeness (QED) is 0.836. The van der Waals surface area contributed by atoms with E-state index < -0.39 is 0 Å². The zero-order chi connectivity index (χ0) is 8.43. The molecule has 0 bridgehead atoms. The molecule has 0 aliphatic rings. The van der Waals surface area contributed by atoms with Crippen LogP contribution >= 0.6 is 27.3 Å². The summed E-state index contributed by atoms with van der Waals surface area (Å²) in [6, 6.07) is 2.30. The van der Waals surface area contributed by atoms with Crippen molar-refractivity contribution in [3.05, 3.63) is 20.8 Å². The van der Waals surface area contributed by atoms with Crippen LogP contribution in [0.1, 0.15) is 24.6 Å². The van der Waals surface area contributed by atoms with Crippen LogP contribution in [-0.4, -0.2) is 6.04 Å². The van der Waals surface area contributed by atoms with Crippen molar-refractivity contribution in [3.63, 3.8) is 0 Å². The van der Waals surface area contributed by atoms with E-state index in [1.165, 1.54) is 9.35 Å². The monoisotopic (exact) mass is 233 g/mol. The molecule has 2 N–H and O–H groups in total. The zero-order valence-electron chi connectivity index (χ0n) is 6.67. The molecule has 1 nitrogen and oxygen atoms in total. The number of nitrogens with two attached hydrogens (primary N) is 1. The molecule has 62 valence electrons. The van der Waals surface area contributed by atoms with Crippen LogP contribution in [0.5, 0.6) is 0 Å². The van der Waals surface area contributed by atoms with Gasteiger partial charge in [0.2, 0.25) is 0 Å². The average molecular weight is 234 g/mol. The van der Waals surface area contributed by atoms with Crippen molar-refractivity contribution >= 4 is 27.3 Å². The fourth-order valence-electron chi connectivity index (χ4n) is 0.869. The third-order valence-electron chi connectivity index (χ3n) is 1.85. The molecule has 1 aromatic rings. The highest BCUT2D eigenvalue weighted by Crippen LogP contribution is 2.31. The molecule has 0 aliphatic carbocycles. The van der Waals surface area contributed by atoms with Gasteiger partial charge in [0, 0.05) is 21.3 Å². The Balaban J connectivity index is 2.84. The topological polar surface area (TPSA) is 26.0 Å². The van der Waals surface area contributed by atoms with Crippen molar-refractivity contribution < 1.29 is 0 Å². The maximum atomic E-state index is 5.78. The van der Waals surface area contributed by atoms with Crippen LogP contribution in [0, 0.1) is 0 Å². The molecule has 3 heteroatoms. The molecule has 0 radical (unpaired) electrons. The summed E-state index contributed by atoms with van der Waals surface area (Å²) in [6.07, 6.45) is 0. The first-order chi connectivity index (χ1) is 5.13. The standard InChI is InChI=1S/C8H12BrNS/c1-5(6(2)10)8-7(9)3-4-11-8/h3-6H,10H2,1-2H3. The maximum absolute atomic E-state index is 5.78. The number of halogens is 1. The average Bonchev–Trinajstić information content (AvgIpc) is 2.33. The van der Waals surface area contributed by atoms with Gasteiger partial charge in [-0.1, -0.05) is 6.92 Å². The summed E-state index contributed by atoms with van der Waals surface area (Å²) in [7, 11) is 0. The lowest BCUT2D eigenvalue weighted by atomic mass is 10.0. The largest absolute Gasteiger partial charge is 0.327 e. The van der Waals surface area contributed by atoms with Crippen molar-refractivity contribution in [1.29, 1.82) is 0 Å². The first-order valence-corrected chi connectivity index (χ1v) is 5.28. The van der Waals surface area contributed by atoms with E-state index in [0.29, 0.717) is 5.92 Å². The lowest BCUT2D eigenvalue weighted by Gasteiger charge is -2.13. The van der Waals surface area contributed by atoms with Crippen molar-refractivity contribution in [1.82, 2.24) is 0 Å². The summed E-state index contributed by atoms with van der Waals surface area (Å²) in [5, 5.41) is 2.08. The minimum atomic E-state index is 0.227. The molecular weight excluding hydrogens is 222 g/mol. The molecule has 2 atom stereocenters. The third kappa shape index (κ3) is 2.04. The van der Waals surface area contributed by atoms with Crippen LogP contribution in [-0.2, 0) is 0 Å². The van der Waals surface area contributed by atoms with E-state index in [0.717, 1.165) is 0 Å². The Kier molecular flexibility index (Phi) is 3.10. The zero-order valence-corrected chi connectivity index (χ0v) is 9.08. The van der Waals surface area contributed by atoms with E-state index in [1.807, 2.05) is 6.92 Å². The first-order valence-electron chi connectivity index (χ1n) is 3.61. The predicted molar refractivity (Wildman–Crippen MR) is 54.1 cm³/mol. The summed E-state index contributed by atoms with van der Waals surface area (Å²) in [5.74, 6) is 0.448. The summed E-state index contributed by atoms with van der Waals surface area (Å²) in [6.45, 7) is 4.19. The summed E-state index contributed by atoms with van der Waals surface area (Å²) >= 11 is 5.25. The number of thiophene rings is 1. The normalized spacial score (nSPS) is 16.4. The summed E-state index contributed by atoms with van der Waals surface area (Å²) < 4.78 is 1.19. The Labute approximate surface area is 79.7 Å². The molecule has 1 aromatic heterocycles. The second-order valence-corrected chi connectivity index (χ2v) is 4.58. The van der Waals surface area contributed by atoms with Crippen molar-refractivity contribution in [3.8, 4) is 0 Å². The van der Waals surface area contributed by atoms with E-state index in [-0.39, 0.29) is 6.04 Å². The molecule has 11 heavy (non-hydrogen) atoms. The van der Waals surface area contributed by atoms with Gasteiger partial charge < -0.3 is 5.73 Å². The van der Waals surface area contributed by atoms with Gasteiger partial charge in [-0.2, -0.15) is 0 Å². The van der Waals surface area contributed by atoms with Gasteiger partial charge in [-0.15, -0.1) is 11.3 Å². The van der Waals surface area contributed by atoms with Crippen LogP contribution in [0.4, 0.5) is 0 Å². The molecule has 0 amide bonds. The maximum Gasteiger partial charge on any atom is 0.0317 e. The fourth-order valence-corrected chi connectivity index (χ4v) is 2.78. The van der Waals surface area contributed by atoms with Crippen LogP contribution < -0.4 is 5.73 Å². The summed E-state index contributed by atoms with van der Waals surface area (Å²) in [5.41, 5.74) is 5.78. The molecular formula is C8H12BrNS. The van der Waals surface area contributed by atoms with Gasteiger partial charge in [0.1, 0.15) is 0 Å². The van der Waals surface area contributed by atoms with E-state index >= 15 is 0 Å². The molecule has 1 rings (SSSR count). The number of hydrogen-bond donors (Lipinski definition) is 1. The lowest BCUT2D eigenvalue weighted by molar-refractivity contribution is 0.620. The summed E-state index contributed by atoms with van der Waals surface area (Å²) in [4.78, 5) is 1.35. The highest BCUT2D eigenvalue weighted by atomic mass is 79.9. The smallest absolute Gasteiger partial charge is 0.0317 e. The van der Waals surface area contributed by atoms with Crippen molar-refractivity contribution in [2.45, 2.75) is 25.8 Å². The van der Waals surface area contributed by atoms with Gasteiger partial charge in [0.25, 0.3) is 0 Å². The fraction of sp³-hybridized carbons (Fsp3) is 0.500. The molecule has 0 fully saturated rings. The number of hydrogen-bond acceptors (Lipinski definition) is 2. The van der Waals surface area contributed by atoms with Crippen molar-refractivity contribution in [2.75, 3.05) is 0 Å². The van der Waals surface area contributed by atoms with Crippen LogP contribution in [0.25, 0.3) is 0 Å². The minimum Gasteiger partial charge on any atom is -0.327 e. The number of rotatable bonds is 2. The molecule has 0 saturated heterocycles. The van der Waals surface area contributed by atoms with Gasteiger partial charge in [-0.05, 0) is 34.3 Å². The van der Waals surface area contributed by atoms with Crippen LogP contribution in [0.2, 0.25) is 0 Å². The van der Waals surface area contributed by atoms with Gasteiger partial charge in [-0.25, -0.2) is 0 Å². The predicted octanol–water partition coefficient (Wildman–Crippen LogP) is 2.96. The Morgan fingerprint density at radius 1 is 1.55 bits per heavy atom. The second kappa shape index (κ2) is 3.70. The molecule has 0 saturated carbocycles. The van der Waals surface area contributed by atoms with E-state index in [9.17, 15) is 0 Å². The molecule has 2 unspecified atom stereocenters. The first kappa shape index (κ1) is 9.23. The van der Waals surface area contributed by atoms with Crippen LogP contribution in [0.15, 0.2) is 15.9 Å². The molecule has 0 spiro atoms. The Morgan fingerprint density at radius 3 is 2.55 bits per heavy atom. The lowest BCUT2D eigenvalue weighted by Crippen LogP contribution is -2.21. The van der Waals surface area contributed by atoms with E-state index in [1.54, 1.807) is 11.3 Å². The second-order valence-electron chi connectivity index (χ2n) is 2.78. The van der Waals surface area contributed by atoms with Gasteiger partial charge in [-0.3, -0.25) is 0 Å². The third-order valence-corrected chi connectivity index (χ3v) is 3.92. The van der Waals surface area contributed by atoms with Gasteiger partial charge >= 0.3 is 0 Å². The van der Waals surface area contributed by atoms with Gasteiger partial charge in [0.15, 0.2) is 0 Å². The minimum absolute atomic E-state index is 0.227. The molecule has 0 aromatic carbocycles. The Morgan fingerprint density at radius 2 is 2.18 bits per heavy atom. The molecule has 0 aliphatic heterocycles. The highest BCUT2D eigenvalue weighted by Gasteiger charge is 2.13. The van der Waals surface area contributed by atoms with Crippen LogP contribution in [0.3, 0.4) is 0 Å². The Bertz CT molecular complexity index is 232. The SMILES string of the molecule is CC(N)C(C)c1sccc1Br. The van der Waals surface area contributed by atoms with Crippen molar-refractivity contribution in [2.24, 2.45) is 5.73 Å². The van der Waals surface area contributed by atoms with Gasteiger partial charge in [0.05, 0.1) is 0 Å². The highest BCUT2D eigenvalue weighted by molar-refractivity contribution is 9.10. The van der Waals surface area contributed by atoms with E-state index in [4.69, 9.17) is 5.73 Å². The Hall–Kier alpha value is 0.140. The van der Waals surface area contributed by atoms with E-state index in [2.05, 4.69) is 34.3 Å². The molecule has 1 heterocycles.